The number of rotatable bonds is 3. The van der Waals surface area contributed by atoms with Gasteiger partial charge in [-0.3, -0.25) is 4.90 Å². The van der Waals surface area contributed by atoms with Gasteiger partial charge in [0.15, 0.2) is 0 Å². The molecule has 4 N–H and O–H groups in total. The second kappa shape index (κ2) is 22.5. The van der Waals surface area contributed by atoms with Crippen molar-refractivity contribution >= 4 is 0 Å². The van der Waals surface area contributed by atoms with Crippen molar-refractivity contribution in [1.29, 1.82) is 0 Å². The third-order valence-corrected chi connectivity index (χ3v) is 0.822. The maximum atomic E-state index is 5.23. The van der Waals surface area contributed by atoms with Crippen LogP contribution >= 0.6 is 0 Å². The summed E-state index contributed by atoms with van der Waals surface area (Å²) in [6.45, 7) is 10.2. The highest BCUT2D eigenvalue weighted by atomic mass is 15.1. The fourth-order valence-electron chi connectivity index (χ4n) is 0.312. The van der Waals surface area contributed by atoms with Gasteiger partial charge in [0.25, 0.3) is 0 Å². The van der Waals surface area contributed by atoms with Crippen LogP contribution in [0.5, 0.6) is 0 Å². The lowest BCUT2D eigenvalue weighted by atomic mass is 10.6. The summed E-state index contributed by atoms with van der Waals surface area (Å²) < 4.78 is 0. The molecular formula is C8H25N3. The molecule has 0 aliphatic rings. The molecule has 0 amide bonds. The van der Waals surface area contributed by atoms with Gasteiger partial charge in [-0.15, -0.1) is 0 Å². The first-order chi connectivity index (χ1) is 5.31. The second-order valence-electron chi connectivity index (χ2n) is 1.55. The predicted octanol–water partition coefficient (Wildman–Crippen LogP) is 0.846. The molecule has 3 heteroatoms. The quantitative estimate of drug-likeness (QED) is 0.606. The Labute approximate surface area is 71.7 Å². The zero-order valence-electron chi connectivity index (χ0n) is 8.72. The van der Waals surface area contributed by atoms with Gasteiger partial charge in [-0.05, 0) is 7.05 Å². The lowest BCUT2D eigenvalue weighted by Crippen LogP contribution is -2.30. The molecule has 0 aromatic heterocycles. The first kappa shape index (κ1) is 17.1. The van der Waals surface area contributed by atoms with Crippen LogP contribution in [-0.2, 0) is 0 Å². The Morgan fingerprint density at radius 3 is 1.45 bits per heavy atom. The summed E-state index contributed by atoms with van der Waals surface area (Å²) in [4.78, 5) is 1.96. The van der Waals surface area contributed by atoms with Crippen molar-refractivity contribution in [3.8, 4) is 0 Å². The van der Waals surface area contributed by atoms with Crippen molar-refractivity contribution in [2.24, 2.45) is 11.5 Å². The monoisotopic (exact) mass is 163 g/mol. The SMILES string of the molecule is CC.CC.CN(CN)CCN. The Morgan fingerprint density at radius 1 is 1.00 bits per heavy atom. The number of likely N-dealkylation sites (N-methyl/N-ethyl adjacent to an activating group) is 1. The average molecular weight is 163 g/mol. The number of nitrogens with two attached hydrogens (primary N) is 2. The fourth-order valence-corrected chi connectivity index (χ4v) is 0.312. The van der Waals surface area contributed by atoms with Gasteiger partial charge in [0.2, 0.25) is 0 Å². The van der Waals surface area contributed by atoms with E-state index in [1.165, 1.54) is 0 Å². The van der Waals surface area contributed by atoms with Gasteiger partial charge in [0.05, 0.1) is 0 Å². The summed E-state index contributed by atoms with van der Waals surface area (Å²) in [6, 6.07) is 0. The molecule has 0 radical (unpaired) electrons. The maximum Gasteiger partial charge on any atom is 0.0452 e. The van der Waals surface area contributed by atoms with E-state index in [4.69, 9.17) is 11.5 Å². The molecule has 0 aromatic carbocycles. The molecule has 0 spiro atoms. The Balaban J connectivity index is -0.000000138. The van der Waals surface area contributed by atoms with Crippen LogP contribution in [0.1, 0.15) is 27.7 Å². The Kier molecular flexibility index (Phi) is 35.0. The smallest absolute Gasteiger partial charge is 0.0452 e. The Hall–Kier alpha value is -0.120. The largest absolute Gasteiger partial charge is 0.329 e. The molecule has 0 heterocycles. The highest BCUT2D eigenvalue weighted by Gasteiger charge is 1.86. The molecule has 0 unspecified atom stereocenters. The first-order valence-electron chi connectivity index (χ1n) is 4.40. The summed E-state index contributed by atoms with van der Waals surface area (Å²) in [5, 5.41) is 0. The highest BCUT2D eigenvalue weighted by molar-refractivity contribution is 4.43. The third-order valence-electron chi connectivity index (χ3n) is 0.822. The topological polar surface area (TPSA) is 55.3 Å². The molecule has 3 nitrogen and oxygen atoms in total. The molecule has 0 aliphatic carbocycles. The van der Waals surface area contributed by atoms with Crippen LogP contribution < -0.4 is 11.5 Å². The van der Waals surface area contributed by atoms with Crippen LogP contribution in [0.15, 0.2) is 0 Å². The summed E-state index contributed by atoms with van der Waals surface area (Å²) in [7, 11) is 1.94. The molecule has 0 bridgehead atoms. The van der Waals surface area contributed by atoms with Crippen molar-refractivity contribution in [1.82, 2.24) is 4.90 Å². The molecule has 0 atom stereocenters. The second-order valence-corrected chi connectivity index (χ2v) is 1.55. The van der Waals surface area contributed by atoms with Crippen molar-refractivity contribution in [3.05, 3.63) is 0 Å². The lowest BCUT2D eigenvalue weighted by molar-refractivity contribution is 0.354. The van der Waals surface area contributed by atoms with Crippen LogP contribution in [0.4, 0.5) is 0 Å². The van der Waals surface area contributed by atoms with Gasteiger partial charge in [-0.1, -0.05) is 27.7 Å². The van der Waals surface area contributed by atoms with E-state index in [0.29, 0.717) is 13.2 Å². The number of hydrogen-bond donors (Lipinski definition) is 2. The standard InChI is InChI=1S/C4H13N3.2C2H6/c1-7(4-6)3-2-5;2*1-2/h2-6H2,1H3;2*1-2H3. The molecule has 0 aromatic rings. The summed E-state index contributed by atoms with van der Waals surface area (Å²) in [5.74, 6) is 0. The van der Waals surface area contributed by atoms with Gasteiger partial charge >= 0.3 is 0 Å². The van der Waals surface area contributed by atoms with Crippen molar-refractivity contribution in [3.63, 3.8) is 0 Å². The van der Waals surface area contributed by atoms with Crippen LogP contribution in [-0.4, -0.2) is 31.7 Å². The van der Waals surface area contributed by atoms with Crippen LogP contribution in [0.3, 0.4) is 0 Å². The molecule has 72 valence electrons. The predicted molar refractivity (Wildman–Crippen MR) is 53.4 cm³/mol. The molecule has 0 saturated heterocycles. The number of nitrogens with zero attached hydrogens (tertiary/aromatic N) is 1. The van der Waals surface area contributed by atoms with Crippen molar-refractivity contribution in [2.75, 3.05) is 26.8 Å². The summed E-state index contributed by atoms with van der Waals surface area (Å²) in [6.07, 6.45) is 0. The van der Waals surface area contributed by atoms with Gasteiger partial charge in [-0.2, -0.15) is 0 Å². The lowest BCUT2D eigenvalue weighted by Gasteiger charge is -2.09. The zero-order valence-corrected chi connectivity index (χ0v) is 8.72. The van der Waals surface area contributed by atoms with Crippen molar-refractivity contribution in [2.45, 2.75) is 27.7 Å². The molecule has 0 saturated carbocycles. The first-order valence-corrected chi connectivity index (χ1v) is 4.40. The Bertz CT molecular complexity index is 40.3. The summed E-state index contributed by atoms with van der Waals surface area (Å²) >= 11 is 0. The van der Waals surface area contributed by atoms with Gasteiger partial charge < -0.3 is 11.5 Å². The van der Waals surface area contributed by atoms with E-state index in [-0.39, 0.29) is 0 Å². The third kappa shape index (κ3) is 25.8. The van der Waals surface area contributed by atoms with E-state index >= 15 is 0 Å². The fraction of sp³-hybridized carbons (Fsp3) is 1.00. The van der Waals surface area contributed by atoms with Gasteiger partial charge in [0.1, 0.15) is 0 Å². The van der Waals surface area contributed by atoms with E-state index in [0.717, 1.165) is 6.54 Å². The molecule has 11 heavy (non-hydrogen) atoms. The Morgan fingerprint density at radius 2 is 1.36 bits per heavy atom. The molecule has 0 rings (SSSR count). The van der Waals surface area contributed by atoms with Gasteiger partial charge in [-0.25, -0.2) is 0 Å². The van der Waals surface area contributed by atoms with E-state index in [9.17, 15) is 0 Å². The summed E-state index contributed by atoms with van der Waals surface area (Å²) in [5.41, 5.74) is 10.4. The van der Waals surface area contributed by atoms with E-state index < -0.39 is 0 Å². The van der Waals surface area contributed by atoms with Gasteiger partial charge in [0, 0.05) is 19.8 Å². The zero-order chi connectivity index (χ0) is 9.70. The van der Waals surface area contributed by atoms with Crippen LogP contribution in [0, 0.1) is 0 Å². The molecular weight excluding hydrogens is 138 g/mol. The van der Waals surface area contributed by atoms with E-state index in [1.807, 2.05) is 39.6 Å². The highest BCUT2D eigenvalue weighted by Crippen LogP contribution is 1.69. The minimum absolute atomic E-state index is 0.594. The minimum Gasteiger partial charge on any atom is -0.329 e. The van der Waals surface area contributed by atoms with E-state index in [2.05, 4.69) is 0 Å². The van der Waals surface area contributed by atoms with Crippen molar-refractivity contribution < 1.29 is 0 Å². The number of hydrogen-bond acceptors (Lipinski definition) is 3. The maximum absolute atomic E-state index is 5.23. The molecule has 0 fully saturated rings. The average Bonchev–Trinajstić information content (AvgIpc) is 2.12. The van der Waals surface area contributed by atoms with E-state index in [1.54, 1.807) is 0 Å². The minimum atomic E-state index is 0.594. The normalized spacial score (nSPS) is 7.64. The van der Waals surface area contributed by atoms with Crippen LogP contribution in [0.2, 0.25) is 0 Å². The molecule has 0 aliphatic heterocycles. The van der Waals surface area contributed by atoms with Crippen LogP contribution in [0.25, 0.3) is 0 Å².